The van der Waals surface area contributed by atoms with Gasteiger partial charge < -0.3 is 4.52 Å². The topological polar surface area (TPSA) is 9.23 Å². The van der Waals surface area contributed by atoms with Gasteiger partial charge in [0.1, 0.15) is 0 Å². The van der Waals surface area contributed by atoms with Crippen LogP contribution in [0.4, 0.5) is 0 Å². The molecule has 2 heteroatoms. The van der Waals surface area contributed by atoms with Crippen molar-refractivity contribution < 1.29 is 4.52 Å². The molecule has 0 bridgehead atoms. The van der Waals surface area contributed by atoms with Crippen molar-refractivity contribution in [1.29, 1.82) is 0 Å². The van der Waals surface area contributed by atoms with E-state index in [0.29, 0.717) is 0 Å². The zero-order valence-electron chi connectivity index (χ0n) is 12.6. The summed E-state index contributed by atoms with van der Waals surface area (Å²) in [6, 6.07) is 0. The first-order chi connectivity index (χ1) is 8.91. The first-order valence-electron chi connectivity index (χ1n) is 8.23. The van der Waals surface area contributed by atoms with E-state index in [1.54, 1.807) is 0 Å². The van der Waals surface area contributed by atoms with Gasteiger partial charge in [-0.25, -0.2) is 0 Å². The molecule has 0 saturated heterocycles. The Kier molecular flexibility index (Phi) is 17.8. The lowest BCUT2D eigenvalue weighted by molar-refractivity contribution is 0.352. The van der Waals surface area contributed by atoms with E-state index in [-0.39, 0.29) is 0 Å². The largest absolute Gasteiger partial charge is 0.366 e. The standard InChI is InChI=1S/C16H35OP/c1-2-3-4-5-6-7-8-9-10-11-12-13-14-15-16-17-18/h2-16,18H2,1H3. The number of unbranched alkanes of at least 4 members (excludes halogenated alkanes) is 13. The van der Waals surface area contributed by atoms with Crippen LogP contribution in [0.15, 0.2) is 0 Å². The second-order valence-electron chi connectivity index (χ2n) is 5.47. The predicted octanol–water partition coefficient (Wildman–Crippen LogP) is 6.27. The molecule has 0 saturated carbocycles. The van der Waals surface area contributed by atoms with Crippen molar-refractivity contribution in [1.82, 2.24) is 0 Å². The maximum absolute atomic E-state index is 4.97. The van der Waals surface area contributed by atoms with E-state index in [2.05, 4.69) is 16.4 Å². The third-order valence-corrected chi connectivity index (χ3v) is 3.85. The molecule has 1 atom stereocenters. The van der Waals surface area contributed by atoms with Gasteiger partial charge in [-0.05, 0) is 6.42 Å². The van der Waals surface area contributed by atoms with Crippen LogP contribution in [0.2, 0.25) is 0 Å². The second kappa shape index (κ2) is 17.4. The Morgan fingerprint density at radius 3 is 1.22 bits per heavy atom. The summed E-state index contributed by atoms with van der Waals surface area (Å²) in [5, 5.41) is 0. The lowest BCUT2D eigenvalue weighted by atomic mass is 10.0. The first-order valence-corrected chi connectivity index (χ1v) is 8.70. The van der Waals surface area contributed by atoms with E-state index in [1.807, 2.05) is 0 Å². The van der Waals surface area contributed by atoms with Crippen LogP contribution in [0.1, 0.15) is 96.8 Å². The van der Waals surface area contributed by atoms with Gasteiger partial charge in [-0.2, -0.15) is 0 Å². The highest BCUT2D eigenvalue weighted by Gasteiger charge is 1.93. The fourth-order valence-electron chi connectivity index (χ4n) is 2.38. The normalized spacial score (nSPS) is 11.0. The molecular weight excluding hydrogens is 239 g/mol. The SMILES string of the molecule is CCCCCCCCCCCCCCCCOP. The minimum atomic E-state index is 0.905. The van der Waals surface area contributed by atoms with E-state index in [0.717, 1.165) is 6.61 Å². The highest BCUT2D eigenvalue weighted by Crippen LogP contribution is 2.12. The van der Waals surface area contributed by atoms with Crippen molar-refractivity contribution in [3.63, 3.8) is 0 Å². The van der Waals surface area contributed by atoms with Crippen LogP contribution >= 0.6 is 9.47 Å². The van der Waals surface area contributed by atoms with E-state index < -0.39 is 0 Å². The molecule has 0 rings (SSSR count). The summed E-state index contributed by atoms with van der Waals surface area (Å²) in [7, 11) is 2.32. The summed E-state index contributed by atoms with van der Waals surface area (Å²) in [5.74, 6) is 0. The Bertz CT molecular complexity index is 123. The molecule has 0 aromatic rings. The van der Waals surface area contributed by atoms with Crippen LogP contribution in [-0.2, 0) is 4.52 Å². The third-order valence-electron chi connectivity index (χ3n) is 3.62. The average molecular weight is 274 g/mol. The molecule has 0 aromatic heterocycles. The van der Waals surface area contributed by atoms with Crippen molar-refractivity contribution >= 4 is 9.47 Å². The molecule has 0 aliphatic carbocycles. The summed E-state index contributed by atoms with van der Waals surface area (Å²) in [4.78, 5) is 0. The van der Waals surface area contributed by atoms with E-state index in [1.165, 1.54) is 89.9 Å². The van der Waals surface area contributed by atoms with Gasteiger partial charge in [0, 0.05) is 9.47 Å². The summed E-state index contributed by atoms with van der Waals surface area (Å²) in [6.07, 6.45) is 19.9. The zero-order valence-corrected chi connectivity index (χ0v) is 13.7. The van der Waals surface area contributed by atoms with Crippen molar-refractivity contribution in [3.8, 4) is 0 Å². The van der Waals surface area contributed by atoms with Crippen LogP contribution in [0, 0.1) is 0 Å². The molecule has 1 nitrogen and oxygen atoms in total. The molecule has 0 aromatic carbocycles. The Balaban J connectivity index is 2.86. The number of hydrogen-bond acceptors (Lipinski definition) is 1. The monoisotopic (exact) mass is 274 g/mol. The number of rotatable bonds is 15. The van der Waals surface area contributed by atoms with Crippen LogP contribution < -0.4 is 0 Å². The van der Waals surface area contributed by atoms with Crippen molar-refractivity contribution in [2.45, 2.75) is 96.8 Å². The Labute approximate surface area is 118 Å². The highest BCUT2D eigenvalue weighted by molar-refractivity contribution is 7.09. The summed E-state index contributed by atoms with van der Waals surface area (Å²) >= 11 is 0. The lowest BCUT2D eigenvalue weighted by Crippen LogP contribution is -1.85. The van der Waals surface area contributed by atoms with E-state index in [4.69, 9.17) is 4.52 Å². The van der Waals surface area contributed by atoms with Crippen molar-refractivity contribution in [3.05, 3.63) is 0 Å². The smallest absolute Gasteiger partial charge is 0.0501 e. The van der Waals surface area contributed by atoms with Gasteiger partial charge in [0.05, 0.1) is 6.61 Å². The van der Waals surface area contributed by atoms with Crippen LogP contribution in [0.5, 0.6) is 0 Å². The molecule has 0 fully saturated rings. The minimum absolute atomic E-state index is 0.905. The second-order valence-corrected chi connectivity index (χ2v) is 5.80. The molecular formula is C16H35OP. The predicted molar refractivity (Wildman–Crippen MR) is 86.0 cm³/mol. The van der Waals surface area contributed by atoms with Gasteiger partial charge in [-0.1, -0.05) is 90.4 Å². The third kappa shape index (κ3) is 16.4. The molecule has 0 aliphatic rings. The molecule has 0 spiro atoms. The lowest BCUT2D eigenvalue weighted by Gasteiger charge is -2.03. The fourth-order valence-corrected chi connectivity index (χ4v) is 2.55. The molecule has 1 unspecified atom stereocenters. The summed E-state index contributed by atoms with van der Waals surface area (Å²) < 4.78 is 4.97. The van der Waals surface area contributed by atoms with Crippen LogP contribution in [0.3, 0.4) is 0 Å². The zero-order chi connectivity index (χ0) is 13.3. The quantitative estimate of drug-likeness (QED) is 0.252. The molecule has 18 heavy (non-hydrogen) atoms. The van der Waals surface area contributed by atoms with E-state index >= 15 is 0 Å². The van der Waals surface area contributed by atoms with Crippen molar-refractivity contribution in [2.75, 3.05) is 6.61 Å². The summed E-state index contributed by atoms with van der Waals surface area (Å²) in [5.41, 5.74) is 0. The number of hydrogen-bond donors (Lipinski definition) is 0. The molecule has 0 aliphatic heterocycles. The van der Waals surface area contributed by atoms with Crippen LogP contribution in [0.25, 0.3) is 0 Å². The molecule has 0 heterocycles. The van der Waals surface area contributed by atoms with Gasteiger partial charge in [0.2, 0.25) is 0 Å². The van der Waals surface area contributed by atoms with E-state index in [9.17, 15) is 0 Å². The first kappa shape index (κ1) is 18.4. The average Bonchev–Trinajstić information content (AvgIpc) is 2.39. The molecule has 0 radical (unpaired) electrons. The maximum Gasteiger partial charge on any atom is 0.0501 e. The fraction of sp³-hybridized carbons (Fsp3) is 1.00. The minimum Gasteiger partial charge on any atom is -0.366 e. The van der Waals surface area contributed by atoms with Gasteiger partial charge in [0.15, 0.2) is 0 Å². The van der Waals surface area contributed by atoms with Gasteiger partial charge in [-0.15, -0.1) is 0 Å². The van der Waals surface area contributed by atoms with Crippen LogP contribution in [-0.4, -0.2) is 6.61 Å². The maximum atomic E-state index is 4.97. The molecule has 0 amide bonds. The Morgan fingerprint density at radius 1 is 0.556 bits per heavy atom. The van der Waals surface area contributed by atoms with Gasteiger partial charge >= 0.3 is 0 Å². The Morgan fingerprint density at radius 2 is 0.889 bits per heavy atom. The molecule has 110 valence electrons. The Hall–Kier alpha value is 0.390. The van der Waals surface area contributed by atoms with Crippen molar-refractivity contribution in [2.24, 2.45) is 0 Å². The van der Waals surface area contributed by atoms with Gasteiger partial charge in [-0.3, -0.25) is 0 Å². The van der Waals surface area contributed by atoms with Gasteiger partial charge in [0.25, 0.3) is 0 Å². The molecule has 0 N–H and O–H groups in total. The summed E-state index contributed by atoms with van der Waals surface area (Å²) in [6.45, 7) is 3.19. The highest BCUT2D eigenvalue weighted by atomic mass is 31.0.